The molecule has 3 saturated carbocycles. The van der Waals surface area contributed by atoms with Gasteiger partial charge in [-0.2, -0.15) is 0 Å². The Balaban J connectivity index is 1.50. The van der Waals surface area contributed by atoms with Crippen LogP contribution in [0.2, 0.25) is 0 Å². The Labute approximate surface area is 209 Å². The van der Waals surface area contributed by atoms with Gasteiger partial charge in [-0.15, -0.1) is 0 Å². The zero-order valence-corrected chi connectivity index (χ0v) is 22.0. The van der Waals surface area contributed by atoms with Crippen molar-refractivity contribution in [3.8, 4) is 0 Å². The van der Waals surface area contributed by atoms with E-state index < -0.39 is 35.1 Å². The number of carbonyl (C=O) groups excluding carboxylic acids is 1. The highest BCUT2D eigenvalue weighted by Crippen LogP contribution is 2.73. The van der Waals surface area contributed by atoms with Crippen LogP contribution < -0.4 is 0 Å². The van der Waals surface area contributed by atoms with Gasteiger partial charge in [0.15, 0.2) is 11.9 Å². The van der Waals surface area contributed by atoms with Crippen LogP contribution in [0.25, 0.3) is 0 Å². The van der Waals surface area contributed by atoms with E-state index in [4.69, 9.17) is 14.2 Å². The molecule has 0 amide bonds. The van der Waals surface area contributed by atoms with Gasteiger partial charge >= 0.3 is 5.97 Å². The zero-order valence-electron chi connectivity index (χ0n) is 22.0. The number of aliphatic hydroxyl groups is 2. The van der Waals surface area contributed by atoms with Crippen LogP contribution in [0.4, 0.5) is 0 Å². The first kappa shape index (κ1) is 24.1. The van der Waals surface area contributed by atoms with Crippen molar-refractivity contribution in [2.45, 2.75) is 103 Å². The van der Waals surface area contributed by atoms with E-state index in [1.54, 1.807) is 0 Å². The molecule has 6 aliphatic rings. The van der Waals surface area contributed by atoms with E-state index in [-0.39, 0.29) is 29.1 Å². The molecule has 1 aliphatic heterocycles. The van der Waals surface area contributed by atoms with E-state index in [1.165, 1.54) is 0 Å². The van der Waals surface area contributed by atoms with Gasteiger partial charge in [-0.3, -0.25) is 4.79 Å². The second-order valence-electron chi connectivity index (χ2n) is 13.5. The molecule has 0 radical (unpaired) electrons. The molecule has 2 N–H and O–H groups in total. The zero-order chi connectivity index (χ0) is 25.1. The summed E-state index contributed by atoms with van der Waals surface area (Å²) in [6.45, 7) is 12.7. The monoisotopic (exact) mass is 486 g/mol. The Morgan fingerprint density at radius 1 is 1.17 bits per heavy atom. The summed E-state index contributed by atoms with van der Waals surface area (Å²) in [7, 11) is 0. The third kappa shape index (κ3) is 3.06. The van der Waals surface area contributed by atoms with Crippen molar-refractivity contribution in [3.05, 3.63) is 23.3 Å². The molecule has 0 aromatic carbocycles. The summed E-state index contributed by atoms with van der Waals surface area (Å²) >= 11 is 0. The lowest BCUT2D eigenvalue weighted by atomic mass is 9.58. The molecule has 35 heavy (non-hydrogen) atoms. The van der Waals surface area contributed by atoms with E-state index in [1.807, 2.05) is 20.8 Å². The summed E-state index contributed by atoms with van der Waals surface area (Å²) in [4.78, 5) is 13.3. The highest BCUT2D eigenvalue weighted by atomic mass is 16.7. The van der Waals surface area contributed by atoms with Gasteiger partial charge in [-0.1, -0.05) is 45.8 Å². The topological polar surface area (TPSA) is 85.2 Å². The van der Waals surface area contributed by atoms with Crippen LogP contribution in [0.15, 0.2) is 23.3 Å². The van der Waals surface area contributed by atoms with Gasteiger partial charge in [0.05, 0.1) is 24.0 Å². The fraction of sp³-hybridized carbons (Fsp3) is 0.828. The normalized spacial score (nSPS) is 49.5. The van der Waals surface area contributed by atoms with Crippen molar-refractivity contribution >= 4 is 5.97 Å². The van der Waals surface area contributed by atoms with Crippen LogP contribution >= 0.6 is 0 Å². The molecule has 2 bridgehead atoms. The Morgan fingerprint density at radius 2 is 1.86 bits per heavy atom. The van der Waals surface area contributed by atoms with Gasteiger partial charge in [-0.25, -0.2) is 0 Å². The minimum Gasteiger partial charge on any atom is -0.454 e. The van der Waals surface area contributed by atoms with Crippen LogP contribution in [0.3, 0.4) is 0 Å². The highest BCUT2D eigenvalue weighted by Gasteiger charge is 2.77. The largest absolute Gasteiger partial charge is 0.454 e. The molecule has 194 valence electrons. The van der Waals surface area contributed by atoms with E-state index >= 15 is 0 Å². The summed E-state index contributed by atoms with van der Waals surface area (Å²) < 4.78 is 18.8. The lowest BCUT2D eigenvalue weighted by Gasteiger charge is -2.55. The van der Waals surface area contributed by atoms with Crippen molar-refractivity contribution in [1.82, 2.24) is 0 Å². The fourth-order valence-electron chi connectivity index (χ4n) is 8.98. The molecule has 6 heteroatoms. The van der Waals surface area contributed by atoms with Crippen LogP contribution in [-0.2, 0) is 19.0 Å². The minimum absolute atomic E-state index is 0.0192. The number of esters is 1. The highest BCUT2D eigenvalue weighted by molar-refractivity contribution is 5.73. The standard InChI is InChI=1S/C29H42O6/c1-15-13-28-16(2)11-20-21(26(20,3)4)19(22(28)30)12-18-14-33-27(5,6)35-24(18)29(28,32)23(15)34-25(31)17-9-7-8-10-17/h12-13,16-17,19-24,30,32H,7-11,14H2,1-6H3. The number of rotatable bonds is 2. The average Bonchev–Trinajstić information content (AvgIpc) is 3.13. The van der Waals surface area contributed by atoms with Crippen molar-refractivity contribution in [2.75, 3.05) is 6.61 Å². The van der Waals surface area contributed by atoms with E-state index in [2.05, 4.69) is 32.9 Å². The molecule has 6 nitrogen and oxygen atoms in total. The molecular formula is C29H42O6. The van der Waals surface area contributed by atoms with E-state index in [0.29, 0.717) is 18.4 Å². The number of carbonyl (C=O) groups is 1. The van der Waals surface area contributed by atoms with Crippen molar-refractivity contribution < 1.29 is 29.2 Å². The smallest absolute Gasteiger partial charge is 0.309 e. The summed E-state index contributed by atoms with van der Waals surface area (Å²) in [5, 5.41) is 25.3. The van der Waals surface area contributed by atoms with Gasteiger partial charge in [0.2, 0.25) is 0 Å². The number of hydrogen-bond acceptors (Lipinski definition) is 6. The van der Waals surface area contributed by atoms with Gasteiger partial charge in [0.1, 0.15) is 11.7 Å². The number of hydrogen-bond donors (Lipinski definition) is 2. The maximum Gasteiger partial charge on any atom is 0.309 e. The first-order valence-electron chi connectivity index (χ1n) is 13.7. The quantitative estimate of drug-likeness (QED) is 0.451. The summed E-state index contributed by atoms with van der Waals surface area (Å²) in [6, 6.07) is 0. The molecule has 0 aromatic rings. The number of fused-ring (bicyclic) bond motifs is 5. The molecule has 0 aromatic heterocycles. The molecule has 9 atom stereocenters. The first-order chi connectivity index (χ1) is 16.3. The Hall–Kier alpha value is -1.21. The van der Waals surface area contributed by atoms with Crippen LogP contribution in [0.5, 0.6) is 0 Å². The van der Waals surface area contributed by atoms with Crippen molar-refractivity contribution in [1.29, 1.82) is 0 Å². The Morgan fingerprint density at radius 3 is 2.54 bits per heavy atom. The van der Waals surface area contributed by atoms with Crippen molar-refractivity contribution in [3.63, 3.8) is 0 Å². The second kappa shape index (κ2) is 7.43. The minimum atomic E-state index is -1.62. The van der Waals surface area contributed by atoms with Crippen LogP contribution in [0, 0.1) is 40.4 Å². The maximum atomic E-state index is 13.3. The molecule has 1 heterocycles. The van der Waals surface area contributed by atoms with E-state index in [9.17, 15) is 15.0 Å². The van der Waals surface area contributed by atoms with E-state index in [0.717, 1.165) is 43.3 Å². The summed E-state index contributed by atoms with van der Waals surface area (Å²) in [6.07, 6.45) is 6.45. The van der Waals surface area contributed by atoms with Gasteiger partial charge in [0, 0.05) is 5.92 Å². The Bertz CT molecular complexity index is 989. The lowest BCUT2D eigenvalue weighted by molar-refractivity contribution is -0.313. The molecule has 1 saturated heterocycles. The van der Waals surface area contributed by atoms with Crippen molar-refractivity contribution in [2.24, 2.45) is 40.4 Å². The summed E-state index contributed by atoms with van der Waals surface area (Å²) in [5.74, 6) is -0.582. The van der Waals surface area contributed by atoms with Gasteiger partial charge in [-0.05, 0) is 74.3 Å². The predicted octanol–water partition coefficient (Wildman–Crippen LogP) is 4.15. The molecule has 4 fully saturated rings. The second-order valence-corrected chi connectivity index (χ2v) is 13.5. The molecule has 5 aliphatic carbocycles. The Kier molecular flexibility index (Phi) is 5.12. The van der Waals surface area contributed by atoms with Crippen LogP contribution in [-0.4, -0.2) is 52.5 Å². The van der Waals surface area contributed by atoms with Gasteiger partial charge in [0.25, 0.3) is 0 Å². The fourth-order valence-corrected chi connectivity index (χ4v) is 8.98. The summed E-state index contributed by atoms with van der Waals surface area (Å²) in [5.41, 5.74) is -0.793. The molecular weight excluding hydrogens is 444 g/mol. The first-order valence-corrected chi connectivity index (χ1v) is 13.7. The average molecular weight is 487 g/mol. The molecule has 1 spiro atoms. The third-order valence-electron chi connectivity index (χ3n) is 10.9. The SMILES string of the molecule is CC1=CC23C(C)CC4C(C(C=C5COC(C)(C)OC5C2(O)C1OC(=O)C1CCCC1)C3O)C4(C)C. The molecule has 6 rings (SSSR count). The lowest BCUT2D eigenvalue weighted by Crippen LogP contribution is -2.69. The third-order valence-corrected chi connectivity index (χ3v) is 10.9. The number of ether oxygens (including phenoxy) is 3. The van der Waals surface area contributed by atoms with Crippen LogP contribution in [0.1, 0.15) is 73.6 Å². The van der Waals surface area contributed by atoms with Gasteiger partial charge < -0.3 is 24.4 Å². The number of aliphatic hydroxyl groups excluding tert-OH is 1. The predicted molar refractivity (Wildman–Crippen MR) is 130 cm³/mol. The molecule has 9 unspecified atom stereocenters. The maximum absolute atomic E-state index is 13.3.